The second-order valence-corrected chi connectivity index (χ2v) is 1.20. The number of aliphatic carboxylic acids is 2. The maximum Gasteiger partial charge on any atom is 0.314 e. The van der Waals surface area contributed by atoms with Gasteiger partial charge in [-0.2, -0.15) is 0 Å². The lowest BCUT2D eigenvalue weighted by Gasteiger charge is -1.80. The van der Waals surface area contributed by atoms with Crippen molar-refractivity contribution in [2.24, 2.45) is 5.73 Å². The molecule has 0 heterocycles. The molecule has 4 N–H and O–H groups in total. The van der Waals surface area contributed by atoms with Crippen LogP contribution in [-0.2, 0) is 9.59 Å². The molecule has 0 spiro atoms. The van der Waals surface area contributed by atoms with Gasteiger partial charge in [0.2, 0.25) is 0 Å². The van der Waals surface area contributed by atoms with Crippen LogP contribution in [0.2, 0.25) is 0 Å². The molecule has 10 heavy (non-hydrogen) atoms. The summed E-state index contributed by atoms with van der Waals surface area (Å²) >= 11 is 0. The molecule has 0 amide bonds. The predicted molar refractivity (Wildman–Crippen MR) is 34.3 cm³/mol. The van der Waals surface area contributed by atoms with Crippen LogP contribution in [0.15, 0.2) is 12.8 Å². The predicted octanol–water partition coefficient (Wildman–Crippen LogP) is -0.366. The van der Waals surface area contributed by atoms with Gasteiger partial charge in [0.1, 0.15) is 6.42 Å². The fraction of sp³-hybridized carbons (Fsp3) is 0.200. The second kappa shape index (κ2) is 7.48. The van der Waals surface area contributed by atoms with E-state index in [9.17, 15) is 9.59 Å². The van der Waals surface area contributed by atoms with Gasteiger partial charge in [-0.3, -0.25) is 9.59 Å². The van der Waals surface area contributed by atoms with Crippen LogP contribution in [0, 0.1) is 0 Å². The van der Waals surface area contributed by atoms with Gasteiger partial charge in [-0.05, 0) is 6.20 Å². The second-order valence-electron chi connectivity index (χ2n) is 1.20. The molecular formula is C5H9NO4. The molecule has 0 atom stereocenters. The molecule has 0 rings (SSSR count). The van der Waals surface area contributed by atoms with Crippen molar-refractivity contribution in [3.8, 4) is 0 Å². The van der Waals surface area contributed by atoms with Crippen LogP contribution in [-0.4, -0.2) is 22.2 Å². The molecule has 58 valence electrons. The minimum absolute atomic E-state index is 0.806. The van der Waals surface area contributed by atoms with E-state index < -0.39 is 18.4 Å². The summed E-state index contributed by atoms with van der Waals surface area (Å²) < 4.78 is 0. The fourth-order valence-corrected chi connectivity index (χ4v) is 0.129. The van der Waals surface area contributed by atoms with Crippen molar-refractivity contribution in [2.75, 3.05) is 0 Å². The minimum Gasteiger partial charge on any atom is -0.481 e. The topological polar surface area (TPSA) is 101 Å². The van der Waals surface area contributed by atoms with Gasteiger partial charge in [-0.25, -0.2) is 0 Å². The average Bonchev–Trinajstić information content (AvgIpc) is 1.62. The quantitative estimate of drug-likeness (QED) is 0.463. The summed E-state index contributed by atoms with van der Waals surface area (Å²) in [6.45, 7) is 3.14. The standard InChI is InChI=1S/C3H4O4.C2H5N/c4-2(5)1-3(6)7;1-2-3/h1H2,(H,4,5)(H,6,7);2H,1,3H2. The monoisotopic (exact) mass is 147 g/mol. The molecule has 0 aliphatic rings. The van der Waals surface area contributed by atoms with Gasteiger partial charge < -0.3 is 15.9 Å². The first kappa shape index (κ1) is 11.3. The molecule has 0 aromatic rings. The van der Waals surface area contributed by atoms with Crippen LogP contribution >= 0.6 is 0 Å². The van der Waals surface area contributed by atoms with Crippen molar-refractivity contribution in [2.45, 2.75) is 6.42 Å². The molecule has 0 saturated heterocycles. The van der Waals surface area contributed by atoms with Crippen molar-refractivity contribution >= 4 is 11.9 Å². The van der Waals surface area contributed by atoms with Crippen LogP contribution in [0.5, 0.6) is 0 Å². The number of hydrogen-bond donors (Lipinski definition) is 3. The van der Waals surface area contributed by atoms with Gasteiger partial charge in [-0.15, -0.1) is 0 Å². The lowest BCUT2D eigenvalue weighted by molar-refractivity contribution is -0.147. The van der Waals surface area contributed by atoms with E-state index in [1.54, 1.807) is 0 Å². The molecule has 0 saturated carbocycles. The minimum atomic E-state index is -1.31. The Labute approximate surface area is 57.8 Å². The molecular weight excluding hydrogens is 138 g/mol. The van der Waals surface area contributed by atoms with Crippen molar-refractivity contribution in [3.05, 3.63) is 12.8 Å². The van der Waals surface area contributed by atoms with Gasteiger partial charge >= 0.3 is 11.9 Å². The summed E-state index contributed by atoms with van der Waals surface area (Å²) in [6, 6.07) is 0. The Morgan fingerprint density at radius 2 is 1.60 bits per heavy atom. The van der Waals surface area contributed by atoms with Gasteiger partial charge in [0.25, 0.3) is 0 Å². The van der Waals surface area contributed by atoms with E-state index in [4.69, 9.17) is 10.2 Å². The number of hydrogen-bond acceptors (Lipinski definition) is 3. The van der Waals surface area contributed by atoms with E-state index >= 15 is 0 Å². The summed E-state index contributed by atoms with van der Waals surface area (Å²) in [5.41, 5.74) is 4.61. The summed E-state index contributed by atoms with van der Waals surface area (Å²) in [7, 11) is 0. The van der Waals surface area contributed by atoms with Crippen LogP contribution < -0.4 is 5.73 Å². The number of carboxylic acid groups (broad SMARTS) is 2. The molecule has 0 aliphatic heterocycles. The Kier molecular flexibility index (Phi) is 8.45. The van der Waals surface area contributed by atoms with E-state index in [0.717, 1.165) is 0 Å². The molecule has 0 unspecified atom stereocenters. The lowest BCUT2D eigenvalue weighted by atomic mass is 10.5. The Morgan fingerprint density at radius 3 is 1.60 bits per heavy atom. The zero-order valence-corrected chi connectivity index (χ0v) is 5.28. The molecule has 0 aromatic carbocycles. The Bertz CT molecular complexity index is 120. The van der Waals surface area contributed by atoms with Crippen LogP contribution in [0.25, 0.3) is 0 Å². The molecule has 5 heteroatoms. The van der Waals surface area contributed by atoms with Gasteiger partial charge in [0, 0.05) is 0 Å². The number of nitrogens with two attached hydrogens (primary N) is 1. The smallest absolute Gasteiger partial charge is 0.314 e. The summed E-state index contributed by atoms with van der Waals surface area (Å²) in [5, 5.41) is 15.4. The fourth-order valence-electron chi connectivity index (χ4n) is 0.129. The molecule has 0 fully saturated rings. The molecule has 0 bridgehead atoms. The molecule has 5 nitrogen and oxygen atoms in total. The van der Waals surface area contributed by atoms with Crippen molar-refractivity contribution in [1.82, 2.24) is 0 Å². The largest absolute Gasteiger partial charge is 0.481 e. The third-order valence-electron chi connectivity index (χ3n) is 0.302. The first-order valence-electron chi connectivity index (χ1n) is 2.30. The van der Waals surface area contributed by atoms with Crippen LogP contribution in [0.4, 0.5) is 0 Å². The first-order valence-corrected chi connectivity index (χ1v) is 2.30. The van der Waals surface area contributed by atoms with Gasteiger partial charge in [0.05, 0.1) is 0 Å². The number of carbonyl (C=O) groups is 2. The third-order valence-corrected chi connectivity index (χ3v) is 0.302. The van der Waals surface area contributed by atoms with Crippen molar-refractivity contribution < 1.29 is 19.8 Å². The number of rotatable bonds is 2. The highest BCUT2D eigenvalue weighted by molar-refractivity contribution is 5.88. The van der Waals surface area contributed by atoms with E-state index in [0.29, 0.717) is 0 Å². The normalized spacial score (nSPS) is 6.80. The van der Waals surface area contributed by atoms with E-state index in [1.165, 1.54) is 6.20 Å². The van der Waals surface area contributed by atoms with E-state index in [2.05, 4.69) is 12.3 Å². The summed E-state index contributed by atoms with van der Waals surface area (Å²) in [5.74, 6) is -2.62. The maximum absolute atomic E-state index is 9.43. The van der Waals surface area contributed by atoms with Crippen molar-refractivity contribution in [1.29, 1.82) is 0 Å². The molecule has 0 aromatic heterocycles. The molecule has 0 radical (unpaired) electrons. The van der Waals surface area contributed by atoms with E-state index in [-0.39, 0.29) is 0 Å². The highest BCUT2D eigenvalue weighted by Gasteiger charge is 2.01. The number of carboxylic acids is 2. The lowest BCUT2D eigenvalue weighted by Crippen LogP contribution is -2.03. The Hall–Kier alpha value is -1.52. The summed E-state index contributed by atoms with van der Waals surface area (Å²) in [6.07, 6.45) is 0.444. The molecule has 0 aliphatic carbocycles. The first-order chi connectivity index (χ1) is 4.54. The third kappa shape index (κ3) is 31.6. The highest BCUT2D eigenvalue weighted by Crippen LogP contribution is 1.74. The summed E-state index contributed by atoms with van der Waals surface area (Å²) in [4.78, 5) is 18.9. The van der Waals surface area contributed by atoms with Gasteiger partial charge in [-0.1, -0.05) is 6.58 Å². The van der Waals surface area contributed by atoms with Crippen LogP contribution in [0.3, 0.4) is 0 Å². The zero-order valence-electron chi connectivity index (χ0n) is 5.28. The highest BCUT2D eigenvalue weighted by atomic mass is 16.4. The van der Waals surface area contributed by atoms with Crippen LogP contribution in [0.1, 0.15) is 6.42 Å². The van der Waals surface area contributed by atoms with Gasteiger partial charge in [0.15, 0.2) is 0 Å². The maximum atomic E-state index is 9.43. The van der Waals surface area contributed by atoms with Crippen molar-refractivity contribution in [3.63, 3.8) is 0 Å². The SMILES string of the molecule is C=CN.O=C(O)CC(=O)O. The average molecular weight is 147 g/mol. The zero-order chi connectivity index (χ0) is 8.57. The Balaban J connectivity index is 0. The van der Waals surface area contributed by atoms with E-state index in [1.807, 2.05) is 0 Å². The Morgan fingerprint density at radius 1 is 1.40 bits per heavy atom.